The first-order valence-corrected chi connectivity index (χ1v) is 11.7. The van der Waals surface area contributed by atoms with Crippen molar-refractivity contribution in [1.29, 1.82) is 0 Å². The average Bonchev–Trinajstić information content (AvgIpc) is 2.51. The van der Waals surface area contributed by atoms with Crippen molar-refractivity contribution >= 4 is 20.4 Å². The van der Waals surface area contributed by atoms with Crippen molar-refractivity contribution in [2.24, 2.45) is 0 Å². The second kappa shape index (κ2) is 9.04. The van der Waals surface area contributed by atoms with Crippen LogP contribution in [0, 0.1) is 0 Å². The van der Waals surface area contributed by atoms with Gasteiger partial charge in [0.1, 0.15) is 6.04 Å². The average molecular weight is 366 g/mol. The molecule has 6 heteroatoms. The van der Waals surface area contributed by atoms with Crippen molar-refractivity contribution in [3.05, 3.63) is 35.9 Å². The highest BCUT2D eigenvalue weighted by atomic mass is 28.4. The van der Waals surface area contributed by atoms with Gasteiger partial charge in [-0.2, -0.15) is 0 Å². The Bertz CT molecular complexity index is 567. The molecule has 25 heavy (non-hydrogen) atoms. The van der Waals surface area contributed by atoms with Gasteiger partial charge < -0.3 is 14.5 Å². The fourth-order valence-electron chi connectivity index (χ4n) is 2.00. The van der Waals surface area contributed by atoms with Gasteiger partial charge in [0.15, 0.2) is 0 Å². The lowest BCUT2D eigenvalue weighted by molar-refractivity contribution is -0.137. The Hall–Kier alpha value is -1.82. The molecule has 0 aliphatic carbocycles. The molecule has 0 spiro atoms. The molecule has 140 valence electrons. The van der Waals surface area contributed by atoms with Crippen molar-refractivity contribution < 1.29 is 18.8 Å². The van der Waals surface area contributed by atoms with E-state index in [4.69, 9.17) is 9.16 Å². The molecule has 5 nitrogen and oxygen atoms in total. The Kier molecular flexibility index (Phi) is 7.67. The molecular weight excluding hydrogens is 334 g/mol. The smallest absolute Gasteiger partial charge is 0.407 e. The summed E-state index contributed by atoms with van der Waals surface area (Å²) < 4.78 is 10.8. The van der Waals surface area contributed by atoms with E-state index in [1.807, 2.05) is 43.4 Å². The SMILES string of the molecule is CCOC(=O)NC(CCc1ccccc1)C(=O)O[Si](C)(C)C(C)(C)C. The van der Waals surface area contributed by atoms with Crippen molar-refractivity contribution in [3.8, 4) is 0 Å². The van der Waals surface area contributed by atoms with Crippen LogP contribution in [-0.4, -0.2) is 33.0 Å². The molecule has 1 rings (SSSR count). The van der Waals surface area contributed by atoms with Crippen LogP contribution < -0.4 is 5.32 Å². The summed E-state index contributed by atoms with van der Waals surface area (Å²) in [7, 11) is -2.25. The molecule has 1 amide bonds. The molecular formula is C19H31NO4Si. The van der Waals surface area contributed by atoms with Crippen molar-refractivity contribution in [1.82, 2.24) is 5.32 Å². The molecule has 1 aromatic carbocycles. The Morgan fingerprint density at radius 1 is 1.16 bits per heavy atom. The predicted octanol–water partition coefficient (Wildman–Crippen LogP) is 4.28. The minimum atomic E-state index is -2.25. The lowest BCUT2D eigenvalue weighted by Gasteiger charge is -2.36. The number of alkyl carbamates (subject to hydrolysis) is 1. The van der Waals surface area contributed by atoms with E-state index >= 15 is 0 Å². The number of amides is 1. The fourth-order valence-corrected chi connectivity index (χ4v) is 2.95. The third kappa shape index (κ3) is 6.90. The van der Waals surface area contributed by atoms with Crippen LogP contribution in [0.15, 0.2) is 30.3 Å². The number of aryl methyl sites for hydroxylation is 1. The van der Waals surface area contributed by atoms with E-state index in [0.717, 1.165) is 5.56 Å². The van der Waals surface area contributed by atoms with Gasteiger partial charge in [0, 0.05) is 0 Å². The van der Waals surface area contributed by atoms with Gasteiger partial charge in [-0.15, -0.1) is 0 Å². The summed E-state index contributed by atoms with van der Waals surface area (Å²) in [4.78, 5) is 24.5. The molecule has 1 aromatic rings. The Balaban J connectivity index is 2.82. The molecule has 1 N–H and O–H groups in total. The van der Waals surface area contributed by atoms with Crippen LogP contribution in [0.4, 0.5) is 4.79 Å². The fraction of sp³-hybridized carbons (Fsp3) is 0.579. The quantitative estimate of drug-likeness (QED) is 0.732. The van der Waals surface area contributed by atoms with Crippen LogP contribution in [-0.2, 0) is 20.4 Å². The molecule has 0 aliphatic heterocycles. The van der Waals surface area contributed by atoms with Gasteiger partial charge in [-0.3, -0.25) is 4.79 Å². The maximum absolute atomic E-state index is 12.7. The molecule has 0 saturated carbocycles. The van der Waals surface area contributed by atoms with Gasteiger partial charge in [-0.25, -0.2) is 4.79 Å². The topological polar surface area (TPSA) is 64.6 Å². The normalized spacial score (nSPS) is 13.0. The first kappa shape index (κ1) is 21.2. The summed E-state index contributed by atoms with van der Waals surface area (Å²) in [5.74, 6) is -0.379. The summed E-state index contributed by atoms with van der Waals surface area (Å²) in [6.45, 7) is 12.2. The minimum Gasteiger partial charge on any atom is -0.518 e. The van der Waals surface area contributed by atoms with Gasteiger partial charge >= 0.3 is 12.1 Å². The zero-order chi connectivity index (χ0) is 19.1. The standard InChI is InChI=1S/C19H31NO4Si/c1-7-23-18(22)20-16(14-13-15-11-9-8-10-12-15)17(21)24-25(5,6)19(2,3)4/h8-12,16H,7,13-14H2,1-6H3,(H,20,22). The maximum Gasteiger partial charge on any atom is 0.407 e. The number of carbonyl (C=O) groups excluding carboxylic acids is 2. The lowest BCUT2D eigenvalue weighted by Crippen LogP contribution is -2.49. The van der Waals surface area contributed by atoms with E-state index in [-0.39, 0.29) is 17.6 Å². The van der Waals surface area contributed by atoms with Crippen LogP contribution in [0.2, 0.25) is 18.1 Å². The first-order chi connectivity index (χ1) is 11.6. The highest BCUT2D eigenvalue weighted by Crippen LogP contribution is 2.36. The number of benzene rings is 1. The Labute approximate surface area is 152 Å². The van der Waals surface area contributed by atoms with Gasteiger partial charge in [-0.1, -0.05) is 51.1 Å². The second-order valence-electron chi connectivity index (χ2n) is 7.62. The van der Waals surface area contributed by atoms with Crippen molar-refractivity contribution in [2.75, 3.05) is 6.61 Å². The summed E-state index contributed by atoms with van der Waals surface area (Å²) in [6, 6.07) is 9.15. The van der Waals surface area contributed by atoms with E-state index in [1.54, 1.807) is 6.92 Å². The van der Waals surface area contributed by atoms with E-state index in [9.17, 15) is 9.59 Å². The number of carbonyl (C=O) groups is 2. The van der Waals surface area contributed by atoms with E-state index in [2.05, 4.69) is 26.1 Å². The summed E-state index contributed by atoms with van der Waals surface area (Å²) in [6.07, 6.45) is 0.550. The summed E-state index contributed by atoms with van der Waals surface area (Å²) >= 11 is 0. The van der Waals surface area contributed by atoms with Crippen molar-refractivity contribution in [2.45, 2.75) is 64.7 Å². The Morgan fingerprint density at radius 2 is 1.76 bits per heavy atom. The van der Waals surface area contributed by atoms with Crippen LogP contribution in [0.1, 0.15) is 39.7 Å². The molecule has 0 bridgehead atoms. The number of rotatable bonds is 7. The first-order valence-electron chi connectivity index (χ1n) is 8.77. The van der Waals surface area contributed by atoms with E-state index < -0.39 is 20.5 Å². The monoisotopic (exact) mass is 365 g/mol. The largest absolute Gasteiger partial charge is 0.518 e. The number of nitrogens with one attached hydrogen (secondary N) is 1. The van der Waals surface area contributed by atoms with Gasteiger partial charge in [0.25, 0.3) is 8.32 Å². The van der Waals surface area contributed by atoms with E-state index in [1.165, 1.54) is 0 Å². The molecule has 0 fully saturated rings. The number of hydrogen-bond donors (Lipinski definition) is 1. The number of ether oxygens (including phenoxy) is 1. The van der Waals surface area contributed by atoms with Crippen LogP contribution in [0.25, 0.3) is 0 Å². The van der Waals surface area contributed by atoms with Gasteiger partial charge in [-0.05, 0) is 43.5 Å². The molecule has 0 heterocycles. The molecule has 0 radical (unpaired) electrons. The molecule has 1 atom stereocenters. The zero-order valence-corrected chi connectivity index (χ0v) is 17.2. The van der Waals surface area contributed by atoms with Gasteiger partial charge in [0.2, 0.25) is 0 Å². The predicted molar refractivity (Wildman–Crippen MR) is 102 cm³/mol. The van der Waals surface area contributed by atoms with Crippen molar-refractivity contribution in [3.63, 3.8) is 0 Å². The van der Waals surface area contributed by atoms with Crippen LogP contribution in [0.5, 0.6) is 0 Å². The third-order valence-electron chi connectivity index (χ3n) is 4.58. The maximum atomic E-state index is 12.7. The van der Waals surface area contributed by atoms with E-state index in [0.29, 0.717) is 12.8 Å². The molecule has 0 aromatic heterocycles. The number of hydrogen-bond acceptors (Lipinski definition) is 4. The molecule has 1 unspecified atom stereocenters. The summed E-state index contributed by atoms with van der Waals surface area (Å²) in [5, 5.41) is 2.56. The molecule has 0 aliphatic rings. The highest BCUT2D eigenvalue weighted by molar-refractivity contribution is 6.75. The second-order valence-corrected chi connectivity index (χ2v) is 12.3. The summed E-state index contributed by atoms with van der Waals surface area (Å²) in [5.41, 5.74) is 1.11. The minimum absolute atomic E-state index is 0.0867. The van der Waals surface area contributed by atoms with Crippen LogP contribution in [0.3, 0.4) is 0 Å². The van der Waals surface area contributed by atoms with Gasteiger partial charge in [0.05, 0.1) is 6.61 Å². The zero-order valence-electron chi connectivity index (χ0n) is 16.2. The Morgan fingerprint density at radius 3 is 2.28 bits per heavy atom. The highest BCUT2D eigenvalue weighted by Gasteiger charge is 2.41. The molecule has 0 saturated heterocycles. The third-order valence-corrected chi connectivity index (χ3v) is 8.90. The lowest BCUT2D eigenvalue weighted by atomic mass is 10.1. The van der Waals surface area contributed by atoms with Crippen LogP contribution >= 0.6 is 0 Å².